The maximum atomic E-state index is 12.7. The van der Waals surface area contributed by atoms with Crippen LogP contribution in [0, 0.1) is 0 Å². The molecule has 0 radical (unpaired) electrons. The van der Waals surface area contributed by atoms with Crippen molar-refractivity contribution in [3.63, 3.8) is 0 Å². The number of carbonyl (C=O) groups excluding carboxylic acids is 1. The third kappa shape index (κ3) is 3.96. The predicted octanol–water partition coefficient (Wildman–Crippen LogP) is 3.51. The van der Waals surface area contributed by atoms with Gasteiger partial charge in [-0.05, 0) is 24.3 Å². The van der Waals surface area contributed by atoms with Crippen molar-refractivity contribution in [2.24, 2.45) is 0 Å². The molecule has 0 spiro atoms. The molecule has 0 atom stereocenters. The highest BCUT2D eigenvalue weighted by Gasteiger charge is 2.15. The summed E-state index contributed by atoms with van der Waals surface area (Å²) in [6.07, 6.45) is 5.72. The van der Waals surface area contributed by atoms with E-state index in [1.165, 1.54) is 0 Å². The van der Waals surface area contributed by atoms with Crippen LogP contribution >= 0.6 is 0 Å². The molecule has 6 heteroatoms. The lowest BCUT2D eigenvalue weighted by molar-refractivity contribution is 0.0954. The first-order valence-electron chi connectivity index (χ1n) is 9.04. The van der Waals surface area contributed by atoms with Gasteiger partial charge in [0, 0.05) is 48.4 Å². The lowest BCUT2D eigenvalue weighted by atomic mass is 10.1. The minimum atomic E-state index is -0.149. The molecule has 3 heterocycles. The Hall–Kier alpha value is -3.80. The van der Waals surface area contributed by atoms with Gasteiger partial charge in [-0.25, -0.2) is 0 Å². The number of carbonyl (C=O) groups is 1. The number of hydrogen-bond acceptors (Lipinski definition) is 4. The first-order chi connectivity index (χ1) is 13.8. The van der Waals surface area contributed by atoms with Crippen molar-refractivity contribution >= 4 is 5.91 Å². The minimum absolute atomic E-state index is 0.149. The van der Waals surface area contributed by atoms with Gasteiger partial charge in [0.05, 0.1) is 17.0 Å². The van der Waals surface area contributed by atoms with E-state index < -0.39 is 0 Å². The molecule has 4 aromatic rings. The zero-order valence-electron chi connectivity index (χ0n) is 15.2. The Morgan fingerprint density at radius 1 is 1.00 bits per heavy atom. The van der Waals surface area contributed by atoms with E-state index in [1.807, 2.05) is 54.6 Å². The molecular weight excluding hydrogens is 350 g/mol. The minimum Gasteiger partial charge on any atom is -0.352 e. The molecule has 6 nitrogen and oxygen atoms in total. The lowest BCUT2D eigenvalue weighted by Crippen LogP contribution is -2.26. The van der Waals surface area contributed by atoms with Crippen molar-refractivity contribution in [2.45, 2.75) is 6.42 Å². The van der Waals surface area contributed by atoms with Crippen molar-refractivity contribution in [3.8, 4) is 22.5 Å². The molecule has 0 unspecified atom stereocenters. The Morgan fingerprint density at radius 2 is 1.86 bits per heavy atom. The maximum absolute atomic E-state index is 12.7. The molecule has 138 valence electrons. The van der Waals surface area contributed by atoms with Gasteiger partial charge in [0.1, 0.15) is 0 Å². The van der Waals surface area contributed by atoms with Crippen LogP contribution in [0.4, 0.5) is 0 Å². The number of hydrogen-bond donors (Lipinski definition) is 2. The number of aromatic nitrogens is 4. The molecule has 0 bridgehead atoms. The van der Waals surface area contributed by atoms with Gasteiger partial charge < -0.3 is 5.32 Å². The summed E-state index contributed by atoms with van der Waals surface area (Å²) in [5.74, 6) is -0.149. The molecule has 0 aliphatic heterocycles. The first kappa shape index (κ1) is 17.6. The standard InChI is InChI=1S/C22H19N5O/c28-22(25-13-9-17-8-4-5-11-24-17)18-10-12-23-15-19(18)21-14-20(26-27-21)16-6-2-1-3-7-16/h1-8,10-12,14-15H,9,13H2,(H,25,28)(H,26,27). The summed E-state index contributed by atoms with van der Waals surface area (Å²) in [5.41, 5.74) is 4.80. The number of H-pyrrole nitrogens is 1. The molecule has 2 N–H and O–H groups in total. The molecular formula is C22H19N5O. The van der Waals surface area contributed by atoms with Crippen LogP contribution in [0.1, 0.15) is 16.1 Å². The molecule has 0 saturated carbocycles. The smallest absolute Gasteiger partial charge is 0.252 e. The highest BCUT2D eigenvalue weighted by atomic mass is 16.1. The lowest BCUT2D eigenvalue weighted by Gasteiger charge is -2.08. The van der Waals surface area contributed by atoms with Crippen LogP contribution in [0.2, 0.25) is 0 Å². The Bertz CT molecular complexity index is 1060. The number of nitrogens with one attached hydrogen (secondary N) is 2. The van der Waals surface area contributed by atoms with Gasteiger partial charge in [-0.15, -0.1) is 0 Å². The monoisotopic (exact) mass is 369 g/mol. The van der Waals surface area contributed by atoms with Crippen LogP contribution in [-0.4, -0.2) is 32.6 Å². The second-order valence-corrected chi connectivity index (χ2v) is 6.28. The first-order valence-corrected chi connectivity index (χ1v) is 9.04. The highest BCUT2D eigenvalue weighted by molar-refractivity contribution is 6.00. The predicted molar refractivity (Wildman–Crippen MR) is 108 cm³/mol. The van der Waals surface area contributed by atoms with Gasteiger partial charge in [-0.2, -0.15) is 5.10 Å². The number of benzene rings is 1. The highest BCUT2D eigenvalue weighted by Crippen LogP contribution is 2.25. The van der Waals surface area contributed by atoms with Gasteiger partial charge in [-0.1, -0.05) is 36.4 Å². The van der Waals surface area contributed by atoms with Crippen LogP contribution < -0.4 is 5.32 Å². The largest absolute Gasteiger partial charge is 0.352 e. The van der Waals surface area contributed by atoms with Crippen LogP contribution in [0.25, 0.3) is 22.5 Å². The number of amides is 1. The number of nitrogens with zero attached hydrogens (tertiary/aromatic N) is 3. The van der Waals surface area contributed by atoms with E-state index in [9.17, 15) is 4.79 Å². The van der Waals surface area contributed by atoms with E-state index in [0.29, 0.717) is 24.1 Å². The van der Waals surface area contributed by atoms with Gasteiger partial charge in [-0.3, -0.25) is 19.9 Å². The summed E-state index contributed by atoms with van der Waals surface area (Å²) >= 11 is 0. The zero-order chi connectivity index (χ0) is 19.2. The molecule has 1 aromatic carbocycles. The summed E-state index contributed by atoms with van der Waals surface area (Å²) in [7, 11) is 0. The maximum Gasteiger partial charge on any atom is 0.252 e. The van der Waals surface area contributed by atoms with Gasteiger partial charge in [0.25, 0.3) is 5.91 Å². The van der Waals surface area contributed by atoms with Gasteiger partial charge in [0.2, 0.25) is 0 Å². The van der Waals surface area contributed by atoms with Gasteiger partial charge in [0.15, 0.2) is 0 Å². The summed E-state index contributed by atoms with van der Waals surface area (Å²) < 4.78 is 0. The van der Waals surface area contributed by atoms with E-state index >= 15 is 0 Å². The second-order valence-electron chi connectivity index (χ2n) is 6.28. The molecule has 0 fully saturated rings. The average molecular weight is 369 g/mol. The number of rotatable bonds is 6. The van der Waals surface area contributed by atoms with E-state index in [-0.39, 0.29) is 5.91 Å². The van der Waals surface area contributed by atoms with E-state index in [1.54, 1.807) is 24.7 Å². The van der Waals surface area contributed by atoms with E-state index in [2.05, 4.69) is 25.5 Å². The van der Waals surface area contributed by atoms with Crippen LogP contribution in [0.5, 0.6) is 0 Å². The summed E-state index contributed by atoms with van der Waals surface area (Å²) in [5, 5.41) is 10.3. The van der Waals surface area contributed by atoms with Crippen molar-refractivity contribution < 1.29 is 4.79 Å². The number of pyridine rings is 2. The molecule has 3 aromatic heterocycles. The topological polar surface area (TPSA) is 83.6 Å². The molecule has 28 heavy (non-hydrogen) atoms. The SMILES string of the molecule is O=C(NCCc1ccccn1)c1ccncc1-c1cc(-c2ccccc2)n[nH]1. The van der Waals surface area contributed by atoms with Crippen LogP contribution in [0.15, 0.2) is 79.3 Å². The second kappa shape index (κ2) is 8.26. The molecule has 0 saturated heterocycles. The summed E-state index contributed by atoms with van der Waals surface area (Å²) in [6.45, 7) is 0.510. The van der Waals surface area contributed by atoms with E-state index in [0.717, 1.165) is 22.6 Å². The van der Waals surface area contributed by atoms with Crippen LogP contribution in [0.3, 0.4) is 0 Å². The fourth-order valence-electron chi connectivity index (χ4n) is 2.97. The van der Waals surface area contributed by atoms with Crippen LogP contribution in [-0.2, 0) is 6.42 Å². The van der Waals surface area contributed by atoms with Crippen molar-refractivity contribution in [1.82, 2.24) is 25.5 Å². The molecule has 1 amide bonds. The molecule has 4 rings (SSSR count). The summed E-state index contributed by atoms with van der Waals surface area (Å²) in [4.78, 5) is 21.2. The van der Waals surface area contributed by atoms with Gasteiger partial charge >= 0.3 is 0 Å². The normalized spacial score (nSPS) is 10.6. The Kier molecular flexibility index (Phi) is 5.20. The molecule has 0 aliphatic rings. The number of aromatic amines is 1. The summed E-state index contributed by atoms with van der Waals surface area (Å²) in [6, 6.07) is 19.3. The Balaban J connectivity index is 1.51. The fourth-order valence-corrected chi connectivity index (χ4v) is 2.97. The van der Waals surface area contributed by atoms with E-state index in [4.69, 9.17) is 0 Å². The third-order valence-corrected chi connectivity index (χ3v) is 4.40. The fraction of sp³-hybridized carbons (Fsp3) is 0.0909. The Labute approximate surface area is 162 Å². The van der Waals surface area contributed by atoms with Crippen molar-refractivity contribution in [1.29, 1.82) is 0 Å². The van der Waals surface area contributed by atoms with Crippen molar-refractivity contribution in [3.05, 3.63) is 90.5 Å². The molecule has 0 aliphatic carbocycles. The third-order valence-electron chi connectivity index (χ3n) is 4.40. The average Bonchev–Trinajstić information content (AvgIpc) is 3.25. The quantitative estimate of drug-likeness (QED) is 0.545. The van der Waals surface area contributed by atoms with Crippen molar-refractivity contribution in [2.75, 3.05) is 6.54 Å². The zero-order valence-corrected chi connectivity index (χ0v) is 15.2. The Morgan fingerprint density at radius 3 is 2.68 bits per heavy atom.